The van der Waals surface area contributed by atoms with Gasteiger partial charge in [0.1, 0.15) is 18.1 Å². The maximum Gasteiger partial charge on any atom is 0.255 e. The van der Waals surface area contributed by atoms with Gasteiger partial charge in [0.15, 0.2) is 11.5 Å². The highest BCUT2D eigenvalue weighted by molar-refractivity contribution is 6.06. The Morgan fingerprint density at radius 3 is 2.67 bits per heavy atom. The van der Waals surface area contributed by atoms with E-state index in [1.54, 1.807) is 49.0 Å². The smallest absolute Gasteiger partial charge is 0.255 e. The monoisotopic (exact) mass is 407 g/mol. The van der Waals surface area contributed by atoms with Gasteiger partial charge in [0.05, 0.1) is 25.5 Å². The number of aromatic hydroxyl groups is 1. The molecule has 1 aliphatic heterocycles. The Kier molecular flexibility index (Phi) is 5.01. The number of nitrogens with zero attached hydrogens (tertiary/aromatic N) is 3. The number of aromatic nitrogens is 3. The Morgan fingerprint density at radius 1 is 1.17 bits per heavy atom. The van der Waals surface area contributed by atoms with Crippen molar-refractivity contribution in [1.82, 2.24) is 14.8 Å². The third kappa shape index (κ3) is 3.30. The molecule has 0 saturated heterocycles. The summed E-state index contributed by atoms with van der Waals surface area (Å²) in [6.45, 7) is 1.80. The fraction of sp³-hybridized carbons (Fsp3) is 0.190. The van der Waals surface area contributed by atoms with E-state index in [9.17, 15) is 9.90 Å². The molecule has 1 aromatic heterocycles. The Balaban J connectivity index is 1.78. The van der Waals surface area contributed by atoms with Gasteiger partial charge in [-0.25, -0.2) is 4.68 Å². The molecule has 9 heteroatoms. The van der Waals surface area contributed by atoms with Crippen LogP contribution in [0.5, 0.6) is 17.2 Å². The second-order valence-corrected chi connectivity index (χ2v) is 6.68. The van der Waals surface area contributed by atoms with Gasteiger partial charge in [-0.1, -0.05) is 18.2 Å². The van der Waals surface area contributed by atoms with Crippen molar-refractivity contribution >= 4 is 17.5 Å². The summed E-state index contributed by atoms with van der Waals surface area (Å²) in [4.78, 5) is 17.6. The lowest BCUT2D eigenvalue weighted by Gasteiger charge is -2.29. The highest BCUT2D eigenvalue weighted by Crippen LogP contribution is 2.38. The average molecular weight is 407 g/mol. The number of phenolic OH excluding ortho intramolecular Hbond substituents is 1. The molecule has 4 rings (SSSR count). The first-order valence-corrected chi connectivity index (χ1v) is 9.22. The predicted octanol–water partition coefficient (Wildman–Crippen LogP) is 2.93. The molecule has 0 fully saturated rings. The molecule has 30 heavy (non-hydrogen) atoms. The van der Waals surface area contributed by atoms with Crippen LogP contribution in [0, 0.1) is 0 Å². The van der Waals surface area contributed by atoms with Crippen molar-refractivity contribution in [3.63, 3.8) is 0 Å². The van der Waals surface area contributed by atoms with Crippen molar-refractivity contribution in [3.05, 3.63) is 65.6 Å². The lowest BCUT2D eigenvalue weighted by Crippen LogP contribution is -2.31. The van der Waals surface area contributed by atoms with Crippen LogP contribution >= 0.6 is 0 Å². The van der Waals surface area contributed by atoms with Crippen LogP contribution in [-0.4, -0.2) is 40.0 Å². The third-order valence-corrected chi connectivity index (χ3v) is 4.91. The fourth-order valence-corrected chi connectivity index (χ4v) is 3.51. The number of phenols is 1. The van der Waals surface area contributed by atoms with Crippen LogP contribution in [0.1, 0.15) is 18.5 Å². The normalized spacial score (nSPS) is 15.2. The Bertz CT molecular complexity index is 1140. The molecular formula is C21H21N5O4. The second-order valence-electron chi connectivity index (χ2n) is 6.68. The summed E-state index contributed by atoms with van der Waals surface area (Å²) in [6, 6.07) is 11.6. The number of hydrogen-bond acceptors (Lipinski definition) is 7. The van der Waals surface area contributed by atoms with Crippen molar-refractivity contribution in [2.75, 3.05) is 24.9 Å². The number of amides is 1. The minimum Gasteiger partial charge on any atom is -0.504 e. The summed E-state index contributed by atoms with van der Waals surface area (Å²) in [7, 11) is 3.02. The minimum atomic E-state index is -0.602. The van der Waals surface area contributed by atoms with Gasteiger partial charge in [-0.3, -0.25) is 4.79 Å². The molecule has 1 amide bonds. The average Bonchev–Trinajstić information content (AvgIpc) is 3.21. The molecule has 0 spiro atoms. The molecular weight excluding hydrogens is 386 g/mol. The molecule has 0 radical (unpaired) electrons. The van der Waals surface area contributed by atoms with Crippen molar-refractivity contribution in [2.45, 2.75) is 13.0 Å². The number of fused-ring (bicyclic) bond motifs is 1. The fourth-order valence-electron chi connectivity index (χ4n) is 3.51. The lowest BCUT2D eigenvalue weighted by atomic mass is 9.94. The van der Waals surface area contributed by atoms with Crippen molar-refractivity contribution in [2.24, 2.45) is 0 Å². The van der Waals surface area contributed by atoms with Crippen molar-refractivity contribution in [1.29, 1.82) is 0 Å². The first-order chi connectivity index (χ1) is 14.5. The molecule has 2 aromatic carbocycles. The van der Waals surface area contributed by atoms with E-state index in [1.807, 2.05) is 12.1 Å². The van der Waals surface area contributed by atoms with Crippen LogP contribution < -0.4 is 20.1 Å². The van der Waals surface area contributed by atoms with E-state index in [0.29, 0.717) is 40.0 Å². The quantitative estimate of drug-likeness (QED) is 0.596. The van der Waals surface area contributed by atoms with Gasteiger partial charge in [-0.05, 0) is 36.8 Å². The lowest BCUT2D eigenvalue weighted by molar-refractivity contribution is -0.113. The van der Waals surface area contributed by atoms with Crippen molar-refractivity contribution < 1.29 is 19.4 Å². The zero-order chi connectivity index (χ0) is 21.3. The summed E-state index contributed by atoms with van der Waals surface area (Å²) < 4.78 is 12.1. The number of hydrogen-bond donors (Lipinski definition) is 3. The van der Waals surface area contributed by atoms with Crippen LogP contribution in [0.3, 0.4) is 0 Å². The molecule has 1 atom stereocenters. The molecule has 3 N–H and O–H groups in total. The van der Waals surface area contributed by atoms with E-state index < -0.39 is 6.04 Å². The zero-order valence-electron chi connectivity index (χ0n) is 16.7. The number of carbonyl (C=O) groups excluding carboxylic acids is 1. The van der Waals surface area contributed by atoms with Crippen LogP contribution in [0.25, 0.3) is 0 Å². The topological polar surface area (TPSA) is 111 Å². The largest absolute Gasteiger partial charge is 0.504 e. The van der Waals surface area contributed by atoms with Crippen LogP contribution in [0.15, 0.2) is 60.1 Å². The summed E-state index contributed by atoms with van der Waals surface area (Å²) in [5.74, 6) is 1.03. The number of rotatable bonds is 5. The Hall–Kier alpha value is -4.01. The molecule has 0 aliphatic carbocycles. The first-order valence-electron chi connectivity index (χ1n) is 9.22. The molecule has 3 aromatic rings. The highest BCUT2D eigenvalue weighted by Gasteiger charge is 2.34. The van der Waals surface area contributed by atoms with Gasteiger partial charge in [-0.2, -0.15) is 10.1 Å². The number of allylic oxidation sites excluding steroid dienone is 1. The molecule has 0 bridgehead atoms. The maximum atomic E-state index is 13.4. The highest BCUT2D eigenvalue weighted by atomic mass is 16.5. The maximum absolute atomic E-state index is 13.4. The minimum absolute atomic E-state index is 0.0302. The van der Waals surface area contributed by atoms with E-state index in [1.165, 1.54) is 13.4 Å². The van der Waals surface area contributed by atoms with Crippen molar-refractivity contribution in [3.8, 4) is 17.2 Å². The third-order valence-electron chi connectivity index (χ3n) is 4.91. The molecule has 154 valence electrons. The molecule has 9 nitrogen and oxygen atoms in total. The zero-order valence-corrected chi connectivity index (χ0v) is 16.7. The number of ether oxygens (including phenoxy) is 2. The van der Waals surface area contributed by atoms with E-state index in [-0.39, 0.29) is 11.7 Å². The van der Waals surface area contributed by atoms with Crippen LogP contribution in [0.4, 0.5) is 11.6 Å². The first kappa shape index (κ1) is 19.3. The SMILES string of the molecule is COc1ccc([C@H]2C(C(=O)Nc3ccccc3OC)=C(C)Nc3ncnn32)cc1O. The summed E-state index contributed by atoms with van der Waals surface area (Å²) in [6.07, 6.45) is 1.41. The summed E-state index contributed by atoms with van der Waals surface area (Å²) >= 11 is 0. The van der Waals surface area contributed by atoms with Gasteiger partial charge in [0, 0.05) is 5.70 Å². The van der Waals surface area contributed by atoms with Gasteiger partial charge >= 0.3 is 0 Å². The Morgan fingerprint density at radius 2 is 1.93 bits per heavy atom. The van der Waals surface area contributed by atoms with Gasteiger partial charge in [-0.15, -0.1) is 0 Å². The van der Waals surface area contributed by atoms with Gasteiger partial charge in [0.25, 0.3) is 5.91 Å². The van der Waals surface area contributed by atoms with Crippen LogP contribution in [-0.2, 0) is 4.79 Å². The standard InChI is InChI=1S/C21H21N5O4/c1-12-18(20(28)25-14-6-4-5-7-16(14)29-2)19(26-21(24-12)22-11-23-26)13-8-9-17(30-3)15(27)10-13/h4-11,19,27H,1-3H3,(H,25,28)(H,22,23,24)/t19-/m0/s1. The van der Waals surface area contributed by atoms with Crippen LogP contribution in [0.2, 0.25) is 0 Å². The summed E-state index contributed by atoms with van der Waals surface area (Å²) in [5, 5.41) is 20.6. The molecule has 2 heterocycles. The number of anilines is 2. The molecule has 0 unspecified atom stereocenters. The molecule has 1 aliphatic rings. The number of methoxy groups -OCH3 is 2. The Labute approximate surface area is 173 Å². The van der Waals surface area contributed by atoms with Gasteiger partial charge in [0.2, 0.25) is 5.95 Å². The number of para-hydroxylation sites is 2. The number of carbonyl (C=O) groups is 1. The van der Waals surface area contributed by atoms with E-state index in [2.05, 4.69) is 20.7 Å². The predicted molar refractivity (Wildman–Crippen MR) is 111 cm³/mol. The van der Waals surface area contributed by atoms with E-state index in [4.69, 9.17) is 9.47 Å². The van der Waals surface area contributed by atoms with E-state index in [0.717, 1.165) is 0 Å². The van der Waals surface area contributed by atoms with Gasteiger partial charge < -0.3 is 25.2 Å². The summed E-state index contributed by atoms with van der Waals surface area (Å²) in [5.41, 5.74) is 2.27. The number of benzene rings is 2. The molecule has 0 saturated carbocycles. The van der Waals surface area contributed by atoms with E-state index >= 15 is 0 Å². The second kappa shape index (κ2) is 7.78. The number of nitrogens with one attached hydrogen (secondary N) is 2.